The molecule has 0 aliphatic heterocycles. The van der Waals surface area contributed by atoms with E-state index in [-0.39, 0.29) is 11.5 Å². The molecule has 0 bridgehead atoms. The van der Waals surface area contributed by atoms with Gasteiger partial charge in [0.15, 0.2) is 0 Å². The number of rotatable bonds is 4. The minimum absolute atomic E-state index is 0.0775. The van der Waals surface area contributed by atoms with Crippen LogP contribution >= 0.6 is 0 Å². The molecule has 20 heavy (non-hydrogen) atoms. The highest BCUT2D eigenvalue weighted by Crippen LogP contribution is 2.23. The number of halogens is 1. The Morgan fingerprint density at radius 2 is 2.00 bits per heavy atom. The van der Waals surface area contributed by atoms with E-state index < -0.39 is 4.92 Å². The monoisotopic (exact) mass is 274 g/mol. The van der Waals surface area contributed by atoms with Crippen molar-refractivity contribution >= 4 is 11.4 Å². The molecule has 2 aromatic carbocycles. The zero-order chi connectivity index (χ0) is 14.7. The third-order valence-corrected chi connectivity index (χ3v) is 3.21. The molecule has 0 aromatic heterocycles. The van der Waals surface area contributed by atoms with Crippen molar-refractivity contribution in [1.82, 2.24) is 0 Å². The van der Waals surface area contributed by atoms with Crippen molar-refractivity contribution in [3.05, 3.63) is 69.0 Å². The van der Waals surface area contributed by atoms with Crippen molar-refractivity contribution < 1.29 is 9.31 Å². The van der Waals surface area contributed by atoms with Gasteiger partial charge in [0.05, 0.1) is 10.6 Å². The summed E-state index contributed by atoms with van der Waals surface area (Å²) in [5, 5.41) is 13.8. The lowest BCUT2D eigenvalue weighted by molar-refractivity contribution is -0.385. The second-order valence-electron chi connectivity index (χ2n) is 4.66. The van der Waals surface area contributed by atoms with Crippen LogP contribution in [-0.4, -0.2) is 4.92 Å². The molecule has 0 fully saturated rings. The van der Waals surface area contributed by atoms with E-state index in [0.717, 1.165) is 11.1 Å². The Kier molecular flexibility index (Phi) is 3.98. The summed E-state index contributed by atoms with van der Waals surface area (Å²) in [6.07, 6.45) is 0. The molecule has 0 unspecified atom stereocenters. The molecule has 0 heterocycles. The Bertz CT molecular complexity index is 656. The predicted molar refractivity (Wildman–Crippen MR) is 76.3 cm³/mol. The number of nitrogens with one attached hydrogen (secondary N) is 1. The van der Waals surface area contributed by atoms with Gasteiger partial charge in [-0.1, -0.05) is 18.2 Å². The first-order valence-corrected chi connectivity index (χ1v) is 6.22. The molecule has 0 saturated carbocycles. The molecule has 2 aromatic rings. The number of benzene rings is 2. The minimum Gasteiger partial charge on any atom is -0.379 e. The van der Waals surface area contributed by atoms with Gasteiger partial charge < -0.3 is 5.32 Å². The summed E-state index contributed by atoms with van der Waals surface area (Å²) >= 11 is 0. The number of anilines is 1. The lowest BCUT2D eigenvalue weighted by Gasteiger charge is -2.10. The number of nitro benzene ring substituents is 1. The highest BCUT2D eigenvalue weighted by Gasteiger charge is 2.13. The van der Waals surface area contributed by atoms with Gasteiger partial charge in [-0.3, -0.25) is 10.1 Å². The zero-order valence-electron chi connectivity index (χ0n) is 11.3. The van der Waals surface area contributed by atoms with E-state index in [4.69, 9.17) is 0 Å². The summed E-state index contributed by atoms with van der Waals surface area (Å²) in [6, 6.07) is 9.81. The van der Waals surface area contributed by atoms with Crippen molar-refractivity contribution in [2.24, 2.45) is 0 Å². The van der Waals surface area contributed by atoms with Gasteiger partial charge in [-0.25, -0.2) is 4.39 Å². The first-order chi connectivity index (χ1) is 9.49. The second-order valence-corrected chi connectivity index (χ2v) is 4.66. The molecule has 2 rings (SSSR count). The van der Waals surface area contributed by atoms with Crippen LogP contribution in [0, 0.1) is 29.8 Å². The zero-order valence-corrected chi connectivity index (χ0v) is 11.3. The number of aryl methyl sites for hydroxylation is 1. The van der Waals surface area contributed by atoms with E-state index in [1.807, 2.05) is 13.0 Å². The van der Waals surface area contributed by atoms with Crippen molar-refractivity contribution in [2.75, 3.05) is 5.32 Å². The average Bonchev–Trinajstić information content (AvgIpc) is 2.39. The topological polar surface area (TPSA) is 55.2 Å². The fourth-order valence-electron chi connectivity index (χ4n) is 2.01. The molecular weight excluding hydrogens is 259 g/mol. The van der Waals surface area contributed by atoms with E-state index >= 15 is 0 Å². The molecule has 4 nitrogen and oxygen atoms in total. The van der Waals surface area contributed by atoms with Gasteiger partial charge in [-0.05, 0) is 37.1 Å². The summed E-state index contributed by atoms with van der Waals surface area (Å²) in [5.74, 6) is -0.326. The summed E-state index contributed by atoms with van der Waals surface area (Å²) in [7, 11) is 0. The van der Waals surface area contributed by atoms with Crippen LogP contribution in [0.4, 0.5) is 15.8 Å². The predicted octanol–water partition coefficient (Wildman–Crippen LogP) is 3.96. The van der Waals surface area contributed by atoms with Crippen LogP contribution in [0.15, 0.2) is 36.4 Å². The molecule has 0 atom stereocenters. The normalized spacial score (nSPS) is 10.3. The molecule has 0 aliphatic rings. The van der Waals surface area contributed by atoms with E-state index in [9.17, 15) is 14.5 Å². The van der Waals surface area contributed by atoms with Crippen LogP contribution in [0.1, 0.15) is 16.7 Å². The van der Waals surface area contributed by atoms with Crippen molar-refractivity contribution in [3.8, 4) is 0 Å². The summed E-state index contributed by atoms with van der Waals surface area (Å²) in [5.41, 5.74) is 2.69. The summed E-state index contributed by atoms with van der Waals surface area (Å²) in [6.45, 7) is 3.85. The molecule has 0 radical (unpaired) electrons. The maximum atomic E-state index is 13.7. The third kappa shape index (κ3) is 2.93. The largest absolute Gasteiger partial charge is 0.379 e. The third-order valence-electron chi connectivity index (χ3n) is 3.21. The standard InChI is InChI=1S/C15H15FN2O2/c1-10-6-7-14(13(16)8-10)17-9-12-4-3-5-15(11(12)2)18(19)20/h3-8,17H,9H2,1-2H3. The molecular formula is C15H15FN2O2. The first kappa shape index (κ1) is 14.0. The Balaban J connectivity index is 2.19. The molecule has 1 N–H and O–H groups in total. The highest BCUT2D eigenvalue weighted by molar-refractivity contribution is 5.49. The fourth-order valence-corrected chi connectivity index (χ4v) is 2.01. The van der Waals surface area contributed by atoms with Crippen LogP contribution in [0.2, 0.25) is 0 Å². The van der Waals surface area contributed by atoms with Gasteiger partial charge in [0.2, 0.25) is 0 Å². The lowest BCUT2D eigenvalue weighted by Crippen LogP contribution is -2.04. The molecule has 0 aliphatic carbocycles. The van der Waals surface area contributed by atoms with Gasteiger partial charge >= 0.3 is 0 Å². The maximum Gasteiger partial charge on any atom is 0.272 e. The Morgan fingerprint density at radius 1 is 1.25 bits per heavy atom. The first-order valence-electron chi connectivity index (χ1n) is 6.22. The molecule has 0 saturated heterocycles. The van der Waals surface area contributed by atoms with Gasteiger partial charge in [-0.15, -0.1) is 0 Å². The van der Waals surface area contributed by atoms with Crippen LogP contribution in [0.3, 0.4) is 0 Å². The Morgan fingerprint density at radius 3 is 2.65 bits per heavy atom. The highest BCUT2D eigenvalue weighted by atomic mass is 19.1. The van der Waals surface area contributed by atoms with E-state index in [2.05, 4.69) is 5.32 Å². The maximum absolute atomic E-state index is 13.7. The van der Waals surface area contributed by atoms with E-state index in [0.29, 0.717) is 17.8 Å². The fraction of sp³-hybridized carbons (Fsp3) is 0.200. The van der Waals surface area contributed by atoms with Crippen LogP contribution in [0.5, 0.6) is 0 Å². The van der Waals surface area contributed by atoms with Crippen LogP contribution in [-0.2, 0) is 6.54 Å². The Hall–Kier alpha value is -2.43. The number of hydrogen-bond acceptors (Lipinski definition) is 3. The van der Waals surface area contributed by atoms with E-state index in [1.165, 1.54) is 12.1 Å². The van der Waals surface area contributed by atoms with Crippen LogP contribution < -0.4 is 5.32 Å². The van der Waals surface area contributed by atoms with Crippen molar-refractivity contribution in [1.29, 1.82) is 0 Å². The number of nitrogens with zero attached hydrogens (tertiary/aromatic N) is 1. The quantitative estimate of drug-likeness (QED) is 0.678. The van der Waals surface area contributed by atoms with Gasteiger partial charge in [-0.2, -0.15) is 0 Å². The van der Waals surface area contributed by atoms with Crippen LogP contribution in [0.25, 0.3) is 0 Å². The van der Waals surface area contributed by atoms with Gasteiger partial charge in [0, 0.05) is 18.2 Å². The summed E-state index contributed by atoms with van der Waals surface area (Å²) in [4.78, 5) is 10.5. The smallest absolute Gasteiger partial charge is 0.272 e. The van der Waals surface area contributed by atoms with Crippen molar-refractivity contribution in [2.45, 2.75) is 20.4 Å². The second kappa shape index (κ2) is 5.69. The van der Waals surface area contributed by atoms with E-state index in [1.54, 1.807) is 25.1 Å². The number of hydrogen-bond donors (Lipinski definition) is 1. The molecule has 0 spiro atoms. The minimum atomic E-state index is -0.411. The lowest BCUT2D eigenvalue weighted by atomic mass is 10.1. The SMILES string of the molecule is Cc1ccc(NCc2cccc([N+](=O)[O-])c2C)c(F)c1. The molecule has 5 heteroatoms. The van der Waals surface area contributed by atoms with Crippen molar-refractivity contribution in [3.63, 3.8) is 0 Å². The summed E-state index contributed by atoms with van der Waals surface area (Å²) < 4.78 is 13.7. The molecule has 104 valence electrons. The van der Waals surface area contributed by atoms with Gasteiger partial charge in [0.25, 0.3) is 5.69 Å². The Labute approximate surface area is 116 Å². The van der Waals surface area contributed by atoms with Gasteiger partial charge in [0.1, 0.15) is 5.82 Å². The number of nitro groups is 1. The average molecular weight is 274 g/mol. The molecule has 0 amide bonds.